The predicted octanol–water partition coefficient (Wildman–Crippen LogP) is 0.701. The van der Waals surface area contributed by atoms with E-state index in [0.717, 1.165) is 30.8 Å². The van der Waals surface area contributed by atoms with Crippen LogP contribution in [0.2, 0.25) is 0 Å². The van der Waals surface area contributed by atoms with Crippen LogP contribution in [0, 0.1) is 0 Å². The van der Waals surface area contributed by atoms with Crippen LogP contribution in [0.5, 0.6) is 0 Å². The lowest BCUT2D eigenvalue weighted by Crippen LogP contribution is -2.49. The molecule has 17 heavy (non-hydrogen) atoms. The number of likely N-dealkylation sites (N-methyl/N-ethyl adjacent to an activating group) is 1. The lowest BCUT2D eigenvalue weighted by Gasteiger charge is -2.26. The maximum absolute atomic E-state index is 12.0. The van der Waals surface area contributed by atoms with Crippen molar-refractivity contribution >= 4 is 17.7 Å². The Kier molecular flexibility index (Phi) is 5.76. The Balaban J connectivity index is 2.41. The van der Waals surface area contributed by atoms with Crippen LogP contribution in [0.25, 0.3) is 0 Å². The van der Waals surface area contributed by atoms with Crippen molar-refractivity contribution in [2.45, 2.75) is 37.8 Å². The average Bonchev–Trinajstić information content (AvgIpc) is 2.70. The van der Waals surface area contributed by atoms with Gasteiger partial charge in [-0.15, -0.1) is 0 Å². The van der Waals surface area contributed by atoms with Gasteiger partial charge < -0.3 is 10.4 Å². The molecule has 1 rings (SSSR count). The van der Waals surface area contributed by atoms with Crippen LogP contribution in [-0.2, 0) is 4.79 Å². The molecule has 1 amide bonds. The Hall–Kier alpha value is -0.260. The SMILES string of the molecule is CCCC(C(=O)NCC1(O)CCSC1)N(C)C. The number of nitrogens with one attached hydrogen (secondary N) is 1. The second-order valence-corrected chi connectivity index (χ2v) is 6.12. The van der Waals surface area contributed by atoms with Crippen LogP contribution in [0.3, 0.4) is 0 Å². The van der Waals surface area contributed by atoms with Crippen LogP contribution < -0.4 is 5.32 Å². The predicted molar refractivity (Wildman–Crippen MR) is 72.3 cm³/mol. The van der Waals surface area contributed by atoms with Gasteiger partial charge in [0.1, 0.15) is 0 Å². The number of nitrogens with zero attached hydrogens (tertiary/aromatic N) is 1. The minimum Gasteiger partial charge on any atom is -0.387 e. The minimum absolute atomic E-state index is 0.0298. The lowest BCUT2D eigenvalue weighted by atomic mass is 10.0. The third-order valence-electron chi connectivity index (χ3n) is 3.16. The molecule has 2 unspecified atom stereocenters. The Labute approximate surface area is 108 Å². The van der Waals surface area contributed by atoms with E-state index in [1.807, 2.05) is 19.0 Å². The van der Waals surface area contributed by atoms with Crippen LogP contribution in [-0.4, -0.2) is 59.7 Å². The van der Waals surface area contributed by atoms with Crippen molar-refractivity contribution in [2.24, 2.45) is 0 Å². The summed E-state index contributed by atoms with van der Waals surface area (Å²) >= 11 is 1.75. The second kappa shape index (κ2) is 6.61. The number of hydrogen-bond acceptors (Lipinski definition) is 4. The van der Waals surface area contributed by atoms with E-state index in [0.29, 0.717) is 6.54 Å². The van der Waals surface area contributed by atoms with Gasteiger partial charge in [0.05, 0.1) is 11.6 Å². The molecule has 1 saturated heterocycles. The summed E-state index contributed by atoms with van der Waals surface area (Å²) in [7, 11) is 3.83. The average molecular weight is 260 g/mol. The minimum atomic E-state index is -0.691. The molecule has 2 atom stereocenters. The fraction of sp³-hybridized carbons (Fsp3) is 0.917. The van der Waals surface area contributed by atoms with E-state index in [9.17, 15) is 9.90 Å². The van der Waals surface area contributed by atoms with Gasteiger partial charge in [0.2, 0.25) is 5.91 Å². The first kappa shape index (κ1) is 14.8. The molecule has 0 aliphatic carbocycles. The number of hydrogen-bond donors (Lipinski definition) is 2. The Morgan fingerprint density at radius 1 is 1.59 bits per heavy atom. The topological polar surface area (TPSA) is 52.6 Å². The van der Waals surface area contributed by atoms with Crippen molar-refractivity contribution in [3.63, 3.8) is 0 Å². The zero-order chi connectivity index (χ0) is 12.9. The van der Waals surface area contributed by atoms with Crippen LogP contribution in [0.15, 0.2) is 0 Å². The van der Waals surface area contributed by atoms with Crippen LogP contribution in [0.1, 0.15) is 26.2 Å². The van der Waals surface area contributed by atoms with E-state index in [1.165, 1.54) is 0 Å². The van der Waals surface area contributed by atoms with Crippen molar-refractivity contribution in [1.29, 1.82) is 0 Å². The van der Waals surface area contributed by atoms with E-state index in [2.05, 4.69) is 12.2 Å². The van der Waals surface area contributed by atoms with E-state index in [-0.39, 0.29) is 11.9 Å². The Bertz CT molecular complexity index is 253. The van der Waals surface area contributed by atoms with E-state index < -0.39 is 5.60 Å². The van der Waals surface area contributed by atoms with Gasteiger partial charge in [0, 0.05) is 12.3 Å². The summed E-state index contributed by atoms with van der Waals surface area (Å²) in [5.41, 5.74) is -0.691. The van der Waals surface area contributed by atoms with Gasteiger partial charge in [-0.05, 0) is 32.7 Å². The number of amides is 1. The van der Waals surface area contributed by atoms with Crippen molar-refractivity contribution in [1.82, 2.24) is 10.2 Å². The zero-order valence-electron chi connectivity index (χ0n) is 11.0. The first-order chi connectivity index (χ1) is 7.98. The summed E-state index contributed by atoms with van der Waals surface area (Å²) in [6, 6.07) is -0.0855. The molecule has 0 bridgehead atoms. The second-order valence-electron chi connectivity index (χ2n) is 5.01. The molecule has 1 aliphatic rings. The van der Waals surface area contributed by atoms with Gasteiger partial charge in [-0.3, -0.25) is 9.69 Å². The normalized spacial score (nSPS) is 26.2. The van der Waals surface area contributed by atoms with Gasteiger partial charge in [0.15, 0.2) is 0 Å². The standard InChI is InChI=1S/C12H24N2O2S/c1-4-5-10(14(2)3)11(15)13-8-12(16)6-7-17-9-12/h10,16H,4-9H2,1-3H3,(H,13,15). The number of rotatable bonds is 6. The monoisotopic (exact) mass is 260 g/mol. The number of aliphatic hydroxyl groups is 1. The Morgan fingerprint density at radius 2 is 2.29 bits per heavy atom. The van der Waals surface area contributed by atoms with Gasteiger partial charge in [-0.1, -0.05) is 13.3 Å². The van der Waals surface area contributed by atoms with Crippen molar-refractivity contribution < 1.29 is 9.90 Å². The van der Waals surface area contributed by atoms with Crippen molar-refractivity contribution in [3.05, 3.63) is 0 Å². The summed E-state index contributed by atoms with van der Waals surface area (Å²) in [4.78, 5) is 13.9. The molecule has 1 aliphatic heterocycles. The number of thioether (sulfide) groups is 1. The summed E-state index contributed by atoms with van der Waals surface area (Å²) in [6.07, 6.45) is 2.61. The molecule has 100 valence electrons. The first-order valence-electron chi connectivity index (χ1n) is 6.23. The highest BCUT2D eigenvalue weighted by atomic mass is 32.2. The van der Waals surface area contributed by atoms with Gasteiger partial charge in [0.25, 0.3) is 0 Å². The molecule has 1 heterocycles. The van der Waals surface area contributed by atoms with Crippen molar-refractivity contribution in [3.8, 4) is 0 Å². The molecule has 2 N–H and O–H groups in total. The first-order valence-corrected chi connectivity index (χ1v) is 7.38. The highest BCUT2D eigenvalue weighted by molar-refractivity contribution is 7.99. The molecule has 0 radical (unpaired) electrons. The molecule has 1 fully saturated rings. The molecule has 0 spiro atoms. The lowest BCUT2D eigenvalue weighted by molar-refractivity contribution is -0.126. The van der Waals surface area contributed by atoms with Gasteiger partial charge >= 0.3 is 0 Å². The summed E-state index contributed by atoms with van der Waals surface area (Å²) in [6.45, 7) is 2.46. The molecule has 0 aromatic carbocycles. The van der Waals surface area contributed by atoms with Gasteiger partial charge in [-0.25, -0.2) is 0 Å². The maximum atomic E-state index is 12.0. The van der Waals surface area contributed by atoms with Gasteiger partial charge in [-0.2, -0.15) is 11.8 Å². The maximum Gasteiger partial charge on any atom is 0.237 e. The van der Waals surface area contributed by atoms with E-state index in [4.69, 9.17) is 0 Å². The molecule has 0 saturated carbocycles. The third-order valence-corrected chi connectivity index (χ3v) is 4.40. The summed E-state index contributed by atoms with van der Waals surface area (Å²) in [5.74, 6) is 1.74. The zero-order valence-corrected chi connectivity index (χ0v) is 11.8. The van der Waals surface area contributed by atoms with E-state index in [1.54, 1.807) is 11.8 Å². The number of carbonyl (C=O) groups excluding carboxylic acids is 1. The fourth-order valence-electron chi connectivity index (χ4n) is 2.00. The highest BCUT2D eigenvalue weighted by Gasteiger charge is 2.32. The fourth-order valence-corrected chi connectivity index (χ4v) is 3.30. The quantitative estimate of drug-likeness (QED) is 0.738. The molecule has 5 heteroatoms. The summed E-state index contributed by atoms with van der Waals surface area (Å²) < 4.78 is 0. The van der Waals surface area contributed by atoms with Crippen LogP contribution >= 0.6 is 11.8 Å². The molecular formula is C12H24N2O2S. The van der Waals surface area contributed by atoms with Crippen LogP contribution in [0.4, 0.5) is 0 Å². The molecule has 4 nitrogen and oxygen atoms in total. The summed E-state index contributed by atoms with van der Waals surface area (Å²) in [5, 5.41) is 13.0. The van der Waals surface area contributed by atoms with Crippen molar-refractivity contribution in [2.75, 3.05) is 32.1 Å². The molecule has 0 aromatic heterocycles. The highest BCUT2D eigenvalue weighted by Crippen LogP contribution is 2.27. The largest absolute Gasteiger partial charge is 0.387 e. The third kappa shape index (κ3) is 4.48. The van der Waals surface area contributed by atoms with E-state index >= 15 is 0 Å². The smallest absolute Gasteiger partial charge is 0.237 e. The number of carbonyl (C=O) groups is 1. The Morgan fingerprint density at radius 3 is 2.76 bits per heavy atom. The molecule has 0 aromatic rings. The molecular weight excluding hydrogens is 236 g/mol.